The van der Waals surface area contributed by atoms with Gasteiger partial charge in [-0.1, -0.05) is 42.5 Å². The number of carbonyl (C=O) groups is 3. The van der Waals surface area contributed by atoms with Crippen molar-refractivity contribution in [1.82, 2.24) is 0 Å². The van der Waals surface area contributed by atoms with Gasteiger partial charge in [0.2, 0.25) is 0 Å². The predicted molar refractivity (Wildman–Crippen MR) is 148 cm³/mol. The van der Waals surface area contributed by atoms with Gasteiger partial charge in [-0.05, 0) is 73.2 Å². The number of hydrogen-bond donors (Lipinski definition) is 0. The van der Waals surface area contributed by atoms with Crippen LogP contribution in [0.2, 0.25) is 0 Å². The molecule has 3 aromatic carbocycles. The van der Waals surface area contributed by atoms with Crippen molar-refractivity contribution < 1.29 is 28.3 Å². The third-order valence-electron chi connectivity index (χ3n) is 6.20. The Hall–Kier alpha value is -5.17. The summed E-state index contributed by atoms with van der Waals surface area (Å²) in [5.74, 6) is 0.0612. The highest BCUT2D eigenvalue weighted by molar-refractivity contribution is 6.23. The Labute approximate surface area is 225 Å². The van der Waals surface area contributed by atoms with Crippen LogP contribution in [0.3, 0.4) is 0 Å². The van der Waals surface area contributed by atoms with Crippen LogP contribution in [0.5, 0.6) is 0 Å². The highest BCUT2D eigenvalue weighted by Crippen LogP contribution is 2.36. The third kappa shape index (κ3) is 5.29. The van der Waals surface area contributed by atoms with Gasteiger partial charge in [-0.15, -0.1) is 0 Å². The average molecular weight is 520 g/mol. The topological polar surface area (TPSA) is 86.0 Å². The fourth-order valence-corrected chi connectivity index (χ4v) is 4.28. The molecule has 194 valence electrons. The number of rotatable bonds is 7. The molecule has 0 atom stereocenters. The molecule has 7 nitrogen and oxygen atoms in total. The van der Waals surface area contributed by atoms with Crippen molar-refractivity contribution in [3.63, 3.8) is 0 Å². The number of amides is 1. The highest BCUT2D eigenvalue weighted by atomic mass is 16.5. The van der Waals surface area contributed by atoms with Gasteiger partial charge in [0, 0.05) is 16.8 Å². The van der Waals surface area contributed by atoms with Crippen molar-refractivity contribution in [3.8, 4) is 11.3 Å². The van der Waals surface area contributed by atoms with E-state index in [9.17, 15) is 14.4 Å². The van der Waals surface area contributed by atoms with Gasteiger partial charge in [-0.2, -0.15) is 0 Å². The number of methoxy groups -OCH3 is 1. The Morgan fingerprint density at radius 3 is 2.15 bits per heavy atom. The third-order valence-corrected chi connectivity index (χ3v) is 6.20. The maximum Gasteiger partial charge on any atom is 0.338 e. The standard InChI is InChI=1S/C32H25NO6/c1-3-38-32(36)24-13-15-26(16-14-24)33-28(21-7-5-4-6-8-21)20-25(30(33)34)19-27-17-18-29(39-27)22-9-11-23(12-10-22)31(35)37-2/h4-20H,3H2,1-2H3/b25-19+. The van der Waals surface area contributed by atoms with Crippen LogP contribution in [-0.2, 0) is 14.3 Å². The van der Waals surface area contributed by atoms with Crippen molar-refractivity contribution in [3.05, 3.63) is 125 Å². The first-order chi connectivity index (χ1) is 19.0. The summed E-state index contributed by atoms with van der Waals surface area (Å²) in [6.45, 7) is 2.04. The van der Waals surface area contributed by atoms with Crippen LogP contribution in [0.4, 0.5) is 5.69 Å². The molecule has 0 unspecified atom stereocenters. The molecule has 1 amide bonds. The van der Waals surface area contributed by atoms with E-state index in [1.54, 1.807) is 72.5 Å². The van der Waals surface area contributed by atoms with Gasteiger partial charge >= 0.3 is 11.9 Å². The van der Waals surface area contributed by atoms with E-state index in [1.165, 1.54) is 7.11 Å². The largest absolute Gasteiger partial charge is 0.465 e. The Bertz CT molecular complexity index is 1580. The zero-order valence-electron chi connectivity index (χ0n) is 21.4. The van der Waals surface area contributed by atoms with Gasteiger partial charge in [0.1, 0.15) is 11.5 Å². The molecule has 1 aliphatic heterocycles. The summed E-state index contributed by atoms with van der Waals surface area (Å²) in [4.78, 5) is 39.1. The minimum absolute atomic E-state index is 0.224. The van der Waals surface area contributed by atoms with Crippen molar-refractivity contribution in [1.29, 1.82) is 0 Å². The number of benzene rings is 3. The molecule has 7 heteroatoms. The maximum atomic E-state index is 13.7. The molecular formula is C32H25NO6. The lowest BCUT2D eigenvalue weighted by Gasteiger charge is -2.21. The summed E-state index contributed by atoms with van der Waals surface area (Å²) in [5, 5.41) is 0. The lowest BCUT2D eigenvalue weighted by Crippen LogP contribution is -2.25. The Morgan fingerprint density at radius 2 is 1.49 bits per heavy atom. The number of hydrogen-bond acceptors (Lipinski definition) is 6. The second-order valence-electron chi connectivity index (χ2n) is 8.67. The molecule has 0 aliphatic carbocycles. The van der Waals surface area contributed by atoms with Gasteiger partial charge in [-0.25, -0.2) is 9.59 Å². The fraction of sp³-hybridized carbons (Fsp3) is 0.0938. The normalized spacial score (nSPS) is 13.9. The zero-order valence-corrected chi connectivity index (χ0v) is 21.4. The number of furan rings is 1. The van der Waals surface area contributed by atoms with Crippen LogP contribution in [0, 0.1) is 0 Å². The van der Waals surface area contributed by atoms with Crippen LogP contribution in [0.15, 0.2) is 107 Å². The average Bonchev–Trinajstić information content (AvgIpc) is 3.58. The maximum absolute atomic E-state index is 13.7. The van der Waals surface area contributed by atoms with Gasteiger partial charge in [0.05, 0.1) is 30.5 Å². The van der Waals surface area contributed by atoms with E-state index in [-0.39, 0.29) is 12.5 Å². The molecule has 4 aromatic rings. The summed E-state index contributed by atoms with van der Waals surface area (Å²) >= 11 is 0. The van der Waals surface area contributed by atoms with Crippen LogP contribution in [0.25, 0.3) is 23.1 Å². The SMILES string of the molecule is CCOC(=O)c1ccc(N2C(=O)/C(=C/c3ccc(-c4ccc(C(=O)OC)cc4)o3)C=C2c2ccccc2)cc1. The van der Waals surface area contributed by atoms with E-state index in [4.69, 9.17) is 13.9 Å². The highest BCUT2D eigenvalue weighted by Gasteiger charge is 2.31. The van der Waals surface area contributed by atoms with Crippen molar-refractivity contribution in [2.24, 2.45) is 0 Å². The molecule has 1 aromatic heterocycles. The Morgan fingerprint density at radius 1 is 0.821 bits per heavy atom. The van der Waals surface area contributed by atoms with E-state index in [2.05, 4.69) is 0 Å². The molecule has 0 saturated carbocycles. The Kier molecular flexibility index (Phi) is 7.23. The predicted octanol–water partition coefficient (Wildman–Crippen LogP) is 6.38. The van der Waals surface area contributed by atoms with Crippen LogP contribution >= 0.6 is 0 Å². The van der Waals surface area contributed by atoms with E-state index in [1.807, 2.05) is 42.5 Å². The molecule has 0 spiro atoms. The minimum Gasteiger partial charge on any atom is -0.465 e. The number of ether oxygens (including phenoxy) is 2. The van der Waals surface area contributed by atoms with Crippen LogP contribution in [-0.4, -0.2) is 31.6 Å². The summed E-state index contributed by atoms with van der Waals surface area (Å²) in [5.41, 5.74) is 4.30. The van der Waals surface area contributed by atoms with E-state index in [0.29, 0.717) is 39.6 Å². The minimum atomic E-state index is -0.412. The number of carbonyl (C=O) groups excluding carboxylic acids is 3. The second-order valence-corrected chi connectivity index (χ2v) is 8.67. The Balaban J connectivity index is 1.46. The molecule has 0 radical (unpaired) electrons. The lowest BCUT2D eigenvalue weighted by atomic mass is 10.1. The molecule has 39 heavy (non-hydrogen) atoms. The quantitative estimate of drug-likeness (QED) is 0.208. The van der Waals surface area contributed by atoms with Crippen LogP contribution < -0.4 is 4.90 Å². The first-order valence-electron chi connectivity index (χ1n) is 12.4. The van der Waals surface area contributed by atoms with Gasteiger partial charge in [0.25, 0.3) is 5.91 Å². The van der Waals surface area contributed by atoms with E-state index < -0.39 is 11.9 Å². The molecule has 0 saturated heterocycles. The number of esters is 2. The molecule has 2 heterocycles. The summed E-state index contributed by atoms with van der Waals surface area (Å²) in [7, 11) is 1.34. The molecular weight excluding hydrogens is 494 g/mol. The zero-order chi connectivity index (χ0) is 27.4. The molecule has 1 aliphatic rings. The van der Waals surface area contributed by atoms with Crippen molar-refractivity contribution in [2.45, 2.75) is 6.92 Å². The van der Waals surface area contributed by atoms with E-state index >= 15 is 0 Å². The monoisotopic (exact) mass is 519 g/mol. The molecule has 0 N–H and O–H groups in total. The second kappa shape index (κ2) is 11.1. The van der Waals surface area contributed by atoms with Gasteiger partial charge in [0.15, 0.2) is 0 Å². The first-order valence-corrected chi connectivity index (χ1v) is 12.4. The fourth-order valence-electron chi connectivity index (χ4n) is 4.28. The van der Waals surface area contributed by atoms with Crippen LogP contribution in [0.1, 0.15) is 39.0 Å². The lowest BCUT2D eigenvalue weighted by molar-refractivity contribution is -0.113. The first kappa shape index (κ1) is 25.5. The van der Waals surface area contributed by atoms with E-state index in [0.717, 1.165) is 11.1 Å². The molecule has 5 rings (SSSR count). The van der Waals surface area contributed by atoms with Gasteiger partial charge < -0.3 is 13.9 Å². The van der Waals surface area contributed by atoms with Crippen molar-refractivity contribution >= 4 is 35.3 Å². The van der Waals surface area contributed by atoms with Crippen molar-refractivity contribution in [2.75, 3.05) is 18.6 Å². The summed E-state index contributed by atoms with van der Waals surface area (Å²) in [6, 6.07) is 26.9. The smallest absolute Gasteiger partial charge is 0.338 e. The number of nitrogens with zero attached hydrogens (tertiary/aromatic N) is 1. The number of anilines is 1. The summed E-state index contributed by atoms with van der Waals surface area (Å²) in [6.07, 6.45) is 3.52. The van der Waals surface area contributed by atoms with Gasteiger partial charge in [-0.3, -0.25) is 9.69 Å². The summed E-state index contributed by atoms with van der Waals surface area (Å²) < 4.78 is 15.8. The molecule has 0 bridgehead atoms. The molecule has 0 fully saturated rings.